The molecule has 2 heterocycles. The number of aliphatic hydroxyl groups is 8. The van der Waals surface area contributed by atoms with E-state index in [4.69, 9.17) is 18.9 Å². The Hall–Kier alpha value is -2.05. The van der Waals surface area contributed by atoms with Crippen LogP contribution in [0.5, 0.6) is 0 Å². The van der Waals surface area contributed by atoms with Crippen LogP contribution in [-0.4, -0.2) is 140 Å². The molecule has 0 aromatic heterocycles. The first-order valence-electron chi connectivity index (χ1n) is 34.4. The van der Waals surface area contributed by atoms with Crippen molar-refractivity contribution >= 4 is 5.91 Å². The van der Waals surface area contributed by atoms with Crippen LogP contribution in [-0.2, 0) is 23.7 Å². The van der Waals surface area contributed by atoms with Gasteiger partial charge in [0.25, 0.3) is 0 Å². The van der Waals surface area contributed by atoms with Gasteiger partial charge in [0.05, 0.1) is 32.0 Å². The van der Waals surface area contributed by atoms with Gasteiger partial charge < -0.3 is 65.1 Å². The highest BCUT2D eigenvalue weighted by molar-refractivity contribution is 5.76. The molecular formula is C69H127NO13. The van der Waals surface area contributed by atoms with Gasteiger partial charge in [0.2, 0.25) is 5.91 Å². The molecule has 2 aliphatic heterocycles. The van der Waals surface area contributed by atoms with Gasteiger partial charge in [-0.3, -0.25) is 4.79 Å². The van der Waals surface area contributed by atoms with E-state index < -0.39 is 86.8 Å². The smallest absolute Gasteiger partial charge is 0.220 e. The number of amides is 1. The van der Waals surface area contributed by atoms with E-state index in [9.17, 15) is 45.6 Å². The van der Waals surface area contributed by atoms with Gasteiger partial charge in [-0.1, -0.05) is 274 Å². The third kappa shape index (κ3) is 38.8. The standard InChI is InChI=1S/C69H127NO13/c1-3-5-7-9-11-13-14-15-16-17-18-19-20-21-22-23-24-25-26-27-28-29-30-31-32-33-34-35-36-37-38-39-40-41-42-43-44-45-47-49-51-53-61(74)70-57(58(73)52-50-48-46-12-10-8-6-4-2)56-80-68-66(79)64(77)67(60(55-72)82-68)83-69-65(78)63(76)62(75)59(54-71)81-69/h10,12,14-15,17-18,50,52,57-60,62-69,71-73,75-79H,3-9,11,13,16,19-49,51,53-56H2,1-2H3,(H,70,74)/b12-10+,15-14-,18-17-,52-50+. The number of allylic oxidation sites excluding steroid dienone is 7. The fraction of sp³-hybridized carbons (Fsp3) is 0.870. The maximum atomic E-state index is 13.2. The normalized spacial score (nSPS) is 24.1. The zero-order chi connectivity index (χ0) is 60.2. The number of carbonyl (C=O) groups is 1. The van der Waals surface area contributed by atoms with Crippen molar-refractivity contribution in [1.82, 2.24) is 5.32 Å². The highest BCUT2D eigenvalue weighted by Crippen LogP contribution is 2.30. The molecule has 486 valence electrons. The van der Waals surface area contributed by atoms with Crippen LogP contribution in [0.2, 0.25) is 0 Å². The summed E-state index contributed by atoms with van der Waals surface area (Å²) in [4.78, 5) is 13.2. The minimum Gasteiger partial charge on any atom is -0.394 e. The molecule has 12 unspecified atom stereocenters. The lowest BCUT2D eigenvalue weighted by Gasteiger charge is -2.46. The van der Waals surface area contributed by atoms with Gasteiger partial charge in [-0.2, -0.15) is 0 Å². The number of carbonyl (C=O) groups excluding carboxylic acids is 1. The summed E-state index contributed by atoms with van der Waals surface area (Å²) in [6.07, 6.45) is 54.0. The summed E-state index contributed by atoms with van der Waals surface area (Å²) in [6.45, 7) is 2.70. The second-order valence-corrected chi connectivity index (χ2v) is 24.3. The van der Waals surface area contributed by atoms with Crippen LogP contribution in [0.15, 0.2) is 48.6 Å². The fourth-order valence-corrected chi connectivity index (χ4v) is 11.2. The van der Waals surface area contributed by atoms with Crippen LogP contribution >= 0.6 is 0 Å². The van der Waals surface area contributed by atoms with E-state index in [0.717, 1.165) is 51.4 Å². The number of ether oxygens (including phenoxy) is 4. The summed E-state index contributed by atoms with van der Waals surface area (Å²) in [5, 5.41) is 86.8. The molecule has 0 bridgehead atoms. The highest BCUT2D eigenvalue weighted by Gasteiger charge is 2.51. The lowest BCUT2D eigenvalue weighted by molar-refractivity contribution is -0.359. The van der Waals surface area contributed by atoms with E-state index >= 15 is 0 Å². The SMILES string of the molecule is CCCC/C=C/CC/C=C/C(O)C(COC1OC(CO)C(OC2OC(CO)C(O)C(O)C2O)C(O)C1O)NC(=O)CCCCCCCCCCCCCCCCCCCCCCCCCCCCCCC/C=C\C/C=C\CCCCCCC. The second-order valence-electron chi connectivity index (χ2n) is 24.3. The first kappa shape index (κ1) is 77.0. The Balaban J connectivity index is 1.48. The van der Waals surface area contributed by atoms with E-state index in [1.807, 2.05) is 6.08 Å². The fourth-order valence-electron chi connectivity index (χ4n) is 11.2. The summed E-state index contributed by atoms with van der Waals surface area (Å²) >= 11 is 0. The summed E-state index contributed by atoms with van der Waals surface area (Å²) in [7, 11) is 0. The van der Waals surface area contributed by atoms with Gasteiger partial charge in [-0.05, 0) is 57.8 Å². The van der Waals surface area contributed by atoms with Crippen molar-refractivity contribution in [3.05, 3.63) is 48.6 Å². The summed E-state index contributed by atoms with van der Waals surface area (Å²) < 4.78 is 22.7. The minimum absolute atomic E-state index is 0.249. The molecule has 9 N–H and O–H groups in total. The van der Waals surface area contributed by atoms with E-state index in [1.54, 1.807) is 6.08 Å². The predicted octanol–water partition coefficient (Wildman–Crippen LogP) is 13.5. The Labute approximate surface area is 505 Å². The van der Waals surface area contributed by atoms with Gasteiger partial charge in [0, 0.05) is 6.42 Å². The maximum Gasteiger partial charge on any atom is 0.220 e. The van der Waals surface area contributed by atoms with Gasteiger partial charge in [0.1, 0.15) is 48.8 Å². The molecule has 0 aromatic carbocycles. The molecular weight excluding hydrogens is 1050 g/mol. The Morgan fingerprint density at radius 3 is 1.29 bits per heavy atom. The molecule has 2 aliphatic rings. The maximum absolute atomic E-state index is 13.2. The van der Waals surface area contributed by atoms with Gasteiger partial charge in [0.15, 0.2) is 12.6 Å². The second kappa shape index (κ2) is 54.1. The van der Waals surface area contributed by atoms with Crippen LogP contribution in [0, 0.1) is 0 Å². The quantitative estimate of drug-likeness (QED) is 0.0204. The molecule has 0 aliphatic carbocycles. The number of hydrogen-bond donors (Lipinski definition) is 9. The van der Waals surface area contributed by atoms with Gasteiger partial charge >= 0.3 is 0 Å². The zero-order valence-corrected chi connectivity index (χ0v) is 52.7. The first-order valence-corrected chi connectivity index (χ1v) is 34.4. The number of aliphatic hydroxyl groups excluding tert-OH is 8. The van der Waals surface area contributed by atoms with Crippen LogP contribution in [0.1, 0.15) is 290 Å². The Bertz CT molecular complexity index is 1580. The average Bonchev–Trinajstić information content (AvgIpc) is 3.52. The summed E-state index contributed by atoms with van der Waals surface area (Å²) in [5.41, 5.74) is 0. The van der Waals surface area contributed by atoms with Crippen molar-refractivity contribution in [2.45, 2.75) is 364 Å². The monoisotopic (exact) mass is 1180 g/mol. The molecule has 0 saturated carbocycles. The van der Waals surface area contributed by atoms with Crippen molar-refractivity contribution < 1.29 is 64.6 Å². The van der Waals surface area contributed by atoms with E-state index in [0.29, 0.717) is 12.8 Å². The van der Waals surface area contributed by atoms with Crippen LogP contribution in [0.3, 0.4) is 0 Å². The summed E-state index contributed by atoms with van der Waals surface area (Å²) in [6, 6.07) is -0.927. The molecule has 1 amide bonds. The highest BCUT2D eigenvalue weighted by atomic mass is 16.7. The van der Waals surface area contributed by atoms with Crippen LogP contribution < -0.4 is 5.32 Å². The third-order valence-electron chi connectivity index (χ3n) is 16.7. The number of rotatable bonds is 56. The summed E-state index contributed by atoms with van der Waals surface area (Å²) in [5.74, 6) is -0.249. The van der Waals surface area contributed by atoms with Crippen molar-refractivity contribution in [2.24, 2.45) is 0 Å². The largest absolute Gasteiger partial charge is 0.394 e. The van der Waals surface area contributed by atoms with Gasteiger partial charge in [-0.25, -0.2) is 0 Å². The molecule has 0 radical (unpaired) electrons. The number of unbranched alkanes of at least 4 members (excludes halogenated alkanes) is 37. The van der Waals surface area contributed by atoms with Crippen molar-refractivity contribution in [2.75, 3.05) is 19.8 Å². The predicted molar refractivity (Wildman–Crippen MR) is 337 cm³/mol. The first-order chi connectivity index (χ1) is 40.6. The van der Waals surface area contributed by atoms with Crippen molar-refractivity contribution in [1.29, 1.82) is 0 Å². The van der Waals surface area contributed by atoms with E-state index in [-0.39, 0.29) is 18.9 Å². The average molecular weight is 1180 g/mol. The lowest BCUT2D eigenvalue weighted by Crippen LogP contribution is -2.65. The molecule has 2 rings (SSSR count). The third-order valence-corrected chi connectivity index (χ3v) is 16.7. The minimum atomic E-state index is -1.79. The molecule has 2 saturated heterocycles. The lowest BCUT2D eigenvalue weighted by atomic mass is 9.97. The molecule has 2 fully saturated rings. The molecule has 12 atom stereocenters. The van der Waals surface area contributed by atoms with E-state index in [1.165, 1.54) is 205 Å². The van der Waals surface area contributed by atoms with Crippen molar-refractivity contribution in [3.63, 3.8) is 0 Å². The molecule has 0 spiro atoms. The number of hydrogen-bond acceptors (Lipinski definition) is 13. The van der Waals surface area contributed by atoms with E-state index in [2.05, 4.69) is 55.6 Å². The van der Waals surface area contributed by atoms with Crippen LogP contribution in [0.4, 0.5) is 0 Å². The molecule has 83 heavy (non-hydrogen) atoms. The Morgan fingerprint density at radius 1 is 0.434 bits per heavy atom. The Kier molecular flexibility index (Phi) is 50.2. The van der Waals surface area contributed by atoms with Gasteiger partial charge in [-0.15, -0.1) is 0 Å². The molecule has 14 heteroatoms. The number of nitrogens with one attached hydrogen (secondary N) is 1. The molecule has 0 aromatic rings. The van der Waals surface area contributed by atoms with Crippen LogP contribution in [0.25, 0.3) is 0 Å². The zero-order valence-electron chi connectivity index (χ0n) is 52.7. The Morgan fingerprint density at radius 2 is 0.819 bits per heavy atom. The topological polar surface area (TPSA) is 228 Å². The molecule has 14 nitrogen and oxygen atoms in total. The van der Waals surface area contributed by atoms with Crippen molar-refractivity contribution in [3.8, 4) is 0 Å².